The van der Waals surface area contributed by atoms with Crippen LogP contribution in [0.5, 0.6) is 0 Å². The highest BCUT2D eigenvalue weighted by atomic mass is 32.1. The second-order valence-electron chi connectivity index (χ2n) is 5.01. The first-order valence-corrected chi connectivity index (χ1v) is 8.13. The SMILES string of the molecule is CCCCCCCCNC(C)C(O)c1ccsc1. The third-order valence-electron chi connectivity index (χ3n) is 3.35. The van der Waals surface area contributed by atoms with Gasteiger partial charge in [0.05, 0.1) is 6.10 Å². The van der Waals surface area contributed by atoms with Gasteiger partial charge in [0.15, 0.2) is 0 Å². The van der Waals surface area contributed by atoms with E-state index in [4.69, 9.17) is 0 Å². The molecule has 0 saturated carbocycles. The van der Waals surface area contributed by atoms with E-state index in [0.29, 0.717) is 0 Å². The number of nitrogens with one attached hydrogen (secondary N) is 1. The Morgan fingerprint density at radius 3 is 2.61 bits per heavy atom. The van der Waals surface area contributed by atoms with Gasteiger partial charge in [-0.05, 0) is 42.3 Å². The molecule has 0 fully saturated rings. The third kappa shape index (κ3) is 5.98. The minimum Gasteiger partial charge on any atom is -0.387 e. The van der Waals surface area contributed by atoms with Crippen LogP contribution in [0.25, 0.3) is 0 Å². The molecule has 0 aromatic carbocycles. The molecular formula is C15H27NOS. The Kier molecular flexibility index (Phi) is 8.31. The normalized spacial score (nSPS) is 14.6. The monoisotopic (exact) mass is 269 g/mol. The molecule has 1 rings (SSSR count). The highest BCUT2D eigenvalue weighted by Gasteiger charge is 2.15. The molecule has 2 N–H and O–H groups in total. The van der Waals surface area contributed by atoms with Crippen molar-refractivity contribution in [2.45, 2.75) is 64.5 Å². The molecule has 0 radical (unpaired) electrons. The van der Waals surface area contributed by atoms with Crippen molar-refractivity contribution in [1.29, 1.82) is 0 Å². The summed E-state index contributed by atoms with van der Waals surface area (Å²) in [6.45, 7) is 5.31. The molecule has 0 amide bonds. The van der Waals surface area contributed by atoms with E-state index in [0.717, 1.165) is 12.1 Å². The van der Waals surface area contributed by atoms with Crippen LogP contribution in [0.15, 0.2) is 16.8 Å². The fraction of sp³-hybridized carbons (Fsp3) is 0.733. The van der Waals surface area contributed by atoms with E-state index in [2.05, 4.69) is 19.2 Å². The Balaban J connectivity index is 2.05. The number of aliphatic hydroxyl groups is 1. The van der Waals surface area contributed by atoms with Gasteiger partial charge in [-0.2, -0.15) is 11.3 Å². The van der Waals surface area contributed by atoms with Gasteiger partial charge in [-0.3, -0.25) is 0 Å². The molecule has 2 unspecified atom stereocenters. The van der Waals surface area contributed by atoms with Crippen LogP contribution in [0.4, 0.5) is 0 Å². The lowest BCUT2D eigenvalue weighted by Crippen LogP contribution is -2.32. The molecule has 0 spiro atoms. The van der Waals surface area contributed by atoms with Gasteiger partial charge in [0.2, 0.25) is 0 Å². The Hall–Kier alpha value is -0.380. The van der Waals surface area contributed by atoms with E-state index in [-0.39, 0.29) is 12.1 Å². The first-order chi connectivity index (χ1) is 8.75. The van der Waals surface area contributed by atoms with Crippen LogP contribution in [0, 0.1) is 0 Å². The number of hydrogen-bond donors (Lipinski definition) is 2. The second-order valence-corrected chi connectivity index (χ2v) is 5.79. The van der Waals surface area contributed by atoms with Crippen LogP contribution in [0.2, 0.25) is 0 Å². The van der Waals surface area contributed by atoms with Crippen LogP contribution in [-0.4, -0.2) is 17.7 Å². The van der Waals surface area contributed by atoms with Gasteiger partial charge < -0.3 is 10.4 Å². The number of aliphatic hydroxyl groups excluding tert-OH is 1. The molecule has 0 aliphatic heterocycles. The van der Waals surface area contributed by atoms with Gasteiger partial charge in [0.25, 0.3) is 0 Å². The van der Waals surface area contributed by atoms with Crippen molar-refractivity contribution in [2.24, 2.45) is 0 Å². The van der Waals surface area contributed by atoms with Crippen molar-refractivity contribution in [2.75, 3.05) is 6.54 Å². The number of hydrogen-bond acceptors (Lipinski definition) is 3. The van der Waals surface area contributed by atoms with Gasteiger partial charge in [-0.1, -0.05) is 39.0 Å². The van der Waals surface area contributed by atoms with E-state index in [9.17, 15) is 5.11 Å². The van der Waals surface area contributed by atoms with Crippen molar-refractivity contribution in [3.8, 4) is 0 Å². The van der Waals surface area contributed by atoms with E-state index < -0.39 is 0 Å². The predicted molar refractivity (Wildman–Crippen MR) is 80.1 cm³/mol. The summed E-state index contributed by atoms with van der Waals surface area (Å²) < 4.78 is 0. The average Bonchev–Trinajstić information content (AvgIpc) is 2.90. The smallest absolute Gasteiger partial charge is 0.0948 e. The van der Waals surface area contributed by atoms with E-state index in [1.165, 1.54) is 38.5 Å². The molecule has 3 heteroatoms. The highest BCUT2D eigenvalue weighted by Crippen LogP contribution is 2.19. The summed E-state index contributed by atoms with van der Waals surface area (Å²) in [6, 6.07) is 2.13. The van der Waals surface area contributed by atoms with Crippen LogP contribution in [-0.2, 0) is 0 Å². The number of rotatable bonds is 10. The van der Waals surface area contributed by atoms with Gasteiger partial charge in [0, 0.05) is 6.04 Å². The van der Waals surface area contributed by atoms with E-state index in [1.54, 1.807) is 11.3 Å². The molecule has 1 aromatic rings. The van der Waals surface area contributed by atoms with E-state index >= 15 is 0 Å². The minimum atomic E-state index is -0.378. The van der Waals surface area contributed by atoms with Gasteiger partial charge in [-0.15, -0.1) is 0 Å². The molecule has 0 bridgehead atoms. The maximum atomic E-state index is 10.1. The molecule has 0 saturated heterocycles. The summed E-state index contributed by atoms with van der Waals surface area (Å²) in [5.41, 5.74) is 1.03. The lowest BCUT2D eigenvalue weighted by atomic mass is 10.1. The van der Waals surface area contributed by atoms with Gasteiger partial charge >= 0.3 is 0 Å². The molecule has 18 heavy (non-hydrogen) atoms. The summed E-state index contributed by atoms with van der Waals surface area (Å²) in [5.74, 6) is 0. The Labute approximate surface area is 115 Å². The fourth-order valence-electron chi connectivity index (χ4n) is 2.08. The highest BCUT2D eigenvalue weighted by molar-refractivity contribution is 7.07. The van der Waals surface area contributed by atoms with Gasteiger partial charge in [0.1, 0.15) is 0 Å². The first kappa shape index (κ1) is 15.7. The number of thiophene rings is 1. The second kappa shape index (κ2) is 9.54. The van der Waals surface area contributed by atoms with Crippen LogP contribution >= 0.6 is 11.3 Å². The van der Waals surface area contributed by atoms with Crippen molar-refractivity contribution < 1.29 is 5.11 Å². The topological polar surface area (TPSA) is 32.3 Å². The van der Waals surface area contributed by atoms with Crippen LogP contribution < -0.4 is 5.32 Å². The average molecular weight is 269 g/mol. The van der Waals surface area contributed by atoms with Crippen LogP contribution in [0.3, 0.4) is 0 Å². The van der Waals surface area contributed by atoms with Crippen molar-refractivity contribution in [3.63, 3.8) is 0 Å². The van der Waals surface area contributed by atoms with Gasteiger partial charge in [-0.25, -0.2) is 0 Å². The molecular weight excluding hydrogens is 242 g/mol. The molecule has 0 aliphatic rings. The quantitative estimate of drug-likeness (QED) is 0.626. The van der Waals surface area contributed by atoms with E-state index in [1.807, 2.05) is 16.8 Å². The minimum absolute atomic E-state index is 0.134. The van der Waals surface area contributed by atoms with Crippen molar-refractivity contribution in [1.82, 2.24) is 5.32 Å². The Bertz CT molecular complexity index is 287. The molecule has 2 atom stereocenters. The Morgan fingerprint density at radius 2 is 1.94 bits per heavy atom. The molecule has 1 aromatic heterocycles. The zero-order chi connectivity index (χ0) is 13.2. The molecule has 104 valence electrons. The maximum absolute atomic E-state index is 10.1. The standard InChI is InChI=1S/C15H27NOS/c1-3-4-5-6-7-8-10-16-13(2)15(17)14-9-11-18-12-14/h9,11-13,15-17H,3-8,10H2,1-2H3. The maximum Gasteiger partial charge on any atom is 0.0948 e. The van der Waals surface area contributed by atoms with Crippen molar-refractivity contribution >= 4 is 11.3 Å². The zero-order valence-corrected chi connectivity index (χ0v) is 12.5. The summed E-state index contributed by atoms with van der Waals surface area (Å²) in [5, 5.41) is 17.5. The zero-order valence-electron chi connectivity index (χ0n) is 11.7. The van der Waals surface area contributed by atoms with Crippen molar-refractivity contribution in [3.05, 3.63) is 22.4 Å². The molecule has 0 aliphatic carbocycles. The lowest BCUT2D eigenvalue weighted by Gasteiger charge is -2.19. The Morgan fingerprint density at radius 1 is 1.22 bits per heavy atom. The summed E-state index contributed by atoms with van der Waals surface area (Å²) >= 11 is 1.64. The predicted octanol–water partition coefficient (Wildman–Crippen LogP) is 4.12. The fourth-order valence-corrected chi connectivity index (χ4v) is 2.77. The lowest BCUT2D eigenvalue weighted by molar-refractivity contribution is 0.136. The molecule has 1 heterocycles. The molecule has 2 nitrogen and oxygen atoms in total. The number of unbranched alkanes of at least 4 members (excludes halogenated alkanes) is 5. The third-order valence-corrected chi connectivity index (χ3v) is 4.06. The first-order valence-electron chi connectivity index (χ1n) is 7.19. The van der Waals surface area contributed by atoms with Crippen LogP contribution in [0.1, 0.15) is 64.0 Å². The largest absolute Gasteiger partial charge is 0.387 e. The summed E-state index contributed by atoms with van der Waals surface area (Å²) in [4.78, 5) is 0. The summed E-state index contributed by atoms with van der Waals surface area (Å²) in [6.07, 6.45) is 7.51. The summed E-state index contributed by atoms with van der Waals surface area (Å²) in [7, 11) is 0.